The molecule has 0 aromatic heterocycles. The quantitative estimate of drug-likeness (QED) is 0.815. The van der Waals surface area contributed by atoms with Gasteiger partial charge in [0.15, 0.2) is 0 Å². The van der Waals surface area contributed by atoms with E-state index in [-0.39, 0.29) is 17.2 Å². The Balaban J connectivity index is 2.41. The molecule has 17 heavy (non-hydrogen) atoms. The summed E-state index contributed by atoms with van der Waals surface area (Å²) in [7, 11) is -1.41. The van der Waals surface area contributed by atoms with Crippen molar-refractivity contribution in [2.24, 2.45) is 17.1 Å². The topological polar surface area (TPSA) is 63.4 Å². The van der Waals surface area contributed by atoms with Crippen molar-refractivity contribution in [3.8, 4) is 0 Å². The molecule has 1 fully saturated rings. The minimum atomic E-state index is -3.09. The minimum Gasteiger partial charge on any atom is -0.328 e. The first-order valence-electron chi connectivity index (χ1n) is 6.30. The summed E-state index contributed by atoms with van der Waals surface area (Å²) in [6, 6.07) is 0.283. The average Bonchev–Trinajstić information content (AvgIpc) is 2.11. The van der Waals surface area contributed by atoms with Crippen LogP contribution in [0.25, 0.3) is 0 Å². The molecular weight excluding hydrogens is 236 g/mol. The molecule has 1 rings (SSSR count). The van der Waals surface area contributed by atoms with Gasteiger partial charge in [-0.25, -0.2) is 12.7 Å². The predicted octanol–water partition coefficient (Wildman–Crippen LogP) is 1.42. The highest BCUT2D eigenvalue weighted by molar-refractivity contribution is 7.89. The van der Waals surface area contributed by atoms with E-state index in [2.05, 4.69) is 20.8 Å². The Hall–Kier alpha value is -0.130. The lowest BCUT2D eigenvalue weighted by Gasteiger charge is -2.35. The zero-order chi connectivity index (χ0) is 13.3. The van der Waals surface area contributed by atoms with Crippen LogP contribution in [-0.4, -0.2) is 38.1 Å². The lowest BCUT2D eigenvalue weighted by Crippen LogP contribution is -2.43. The number of nitrogens with zero attached hydrogens (tertiary/aromatic N) is 1. The van der Waals surface area contributed by atoms with Crippen LogP contribution in [-0.2, 0) is 10.0 Å². The van der Waals surface area contributed by atoms with Crippen molar-refractivity contribution in [2.75, 3.05) is 19.3 Å². The van der Waals surface area contributed by atoms with Gasteiger partial charge < -0.3 is 5.73 Å². The van der Waals surface area contributed by atoms with Gasteiger partial charge in [0.1, 0.15) is 0 Å². The van der Waals surface area contributed by atoms with Crippen molar-refractivity contribution < 1.29 is 8.42 Å². The molecule has 0 bridgehead atoms. The van der Waals surface area contributed by atoms with E-state index < -0.39 is 10.0 Å². The number of nitrogens with two attached hydrogens (primary N) is 1. The molecule has 0 amide bonds. The zero-order valence-electron chi connectivity index (χ0n) is 11.4. The second-order valence-electron chi connectivity index (χ2n) is 6.50. The normalized spacial score (nSPS) is 26.0. The van der Waals surface area contributed by atoms with Gasteiger partial charge in [-0.15, -0.1) is 0 Å². The Morgan fingerprint density at radius 1 is 1.29 bits per heavy atom. The van der Waals surface area contributed by atoms with Gasteiger partial charge in [-0.1, -0.05) is 20.8 Å². The molecule has 102 valence electrons. The molecule has 2 N–H and O–H groups in total. The molecule has 4 nitrogen and oxygen atoms in total. The first kappa shape index (κ1) is 14.9. The minimum absolute atomic E-state index is 0.0622. The molecule has 0 saturated heterocycles. The van der Waals surface area contributed by atoms with Crippen molar-refractivity contribution in [2.45, 2.75) is 46.1 Å². The van der Waals surface area contributed by atoms with Gasteiger partial charge in [-0.2, -0.15) is 0 Å². The van der Waals surface area contributed by atoms with Gasteiger partial charge >= 0.3 is 0 Å². The first-order valence-corrected chi connectivity index (χ1v) is 7.91. The molecule has 0 radical (unpaired) electrons. The molecule has 1 aliphatic rings. The SMILES string of the molecule is CN(CC1CC(N)C1)S(=O)(=O)CCC(C)(C)C. The molecule has 0 aromatic carbocycles. The van der Waals surface area contributed by atoms with Crippen LogP contribution in [0.2, 0.25) is 0 Å². The summed E-state index contributed by atoms with van der Waals surface area (Å²) in [6.45, 7) is 6.81. The van der Waals surface area contributed by atoms with Crippen LogP contribution in [0.1, 0.15) is 40.0 Å². The first-order chi connectivity index (χ1) is 7.60. The summed E-state index contributed by atoms with van der Waals surface area (Å²) in [6.07, 6.45) is 2.61. The highest BCUT2D eigenvalue weighted by Crippen LogP contribution is 2.27. The second kappa shape index (κ2) is 5.24. The Labute approximate surface area is 106 Å². The Bertz CT molecular complexity index is 340. The summed E-state index contributed by atoms with van der Waals surface area (Å²) < 4.78 is 25.6. The standard InChI is InChI=1S/C12H26N2O2S/c1-12(2,3)5-6-17(15,16)14(4)9-10-7-11(13)8-10/h10-11H,5-9,13H2,1-4H3. The van der Waals surface area contributed by atoms with Gasteiger partial charge in [0.2, 0.25) is 10.0 Å². The van der Waals surface area contributed by atoms with Crippen molar-refractivity contribution in [3.63, 3.8) is 0 Å². The monoisotopic (exact) mass is 262 g/mol. The molecule has 0 atom stereocenters. The number of rotatable bonds is 5. The third kappa shape index (κ3) is 4.94. The van der Waals surface area contributed by atoms with E-state index >= 15 is 0 Å². The fourth-order valence-electron chi connectivity index (χ4n) is 2.00. The Morgan fingerprint density at radius 3 is 2.24 bits per heavy atom. The second-order valence-corrected chi connectivity index (χ2v) is 8.70. The largest absolute Gasteiger partial charge is 0.328 e. The maximum atomic E-state index is 12.0. The van der Waals surface area contributed by atoms with E-state index in [9.17, 15) is 8.42 Å². The van der Waals surface area contributed by atoms with Gasteiger partial charge in [-0.3, -0.25) is 0 Å². The van der Waals surface area contributed by atoms with E-state index in [1.165, 1.54) is 4.31 Å². The van der Waals surface area contributed by atoms with Crippen molar-refractivity contribution >= 4 is 10.0 Å². The van der Waals surface area contributed by atoms with Crippen molar-refractivity contribution in [3.05, 3.63) is 0 Å². The summed E-state index contributed by atoms with van der Waals surface area (Å²) in [5, 5.41) is 0. The van der Waals surface area contributed by atoms with Crippen LogP contribution in [0, 0.1) is 11.3 Å². The van der Waals surface area contributed by atoms with E-state index in [0.717, 1.165) is 12.8 Å². The molecule has 0 heterocycles. The average molecular weight is 262 g/mol. The van der Waals surface area contributed by atoms with Gasteiger partial charge in [0.05, 0.1) is 5.75 Å². The van der Waals surface area contributed by atoms with Crippen LogP contribution in [0.3, 0.4) is 0 Å². The van der Waals surface area contributed by atoms with Gasteiger partial charge in [-0.05, 0) is 30.6 Å². The van der Waals surface area contributed by atoms with Crippen LogP contribution in [0.5, 0.6) is 0 Å². The van der Waals surface area contributed by atoms with Crippen LogP contribution < -0.4 is 5.73 Å². The molecule has 1 aliphatic carbocycles. The van der Waals surface area contributed by atoms with Gasteiger partial charge in [0.25, 0.3) is 0 Å². The maximum Gasteiger partial charge on any atom is 0.213 e. The Kier molecular flexibility index (Phi) is 4.60. The van der Waals surface area contributed by atoms with E-state index in [0.29, 0.717) is 18.9 Å². The predicted molar refractivity (Wildman–Crippen MR) is 71.2 cm³/mol. The van der Waals surface area contributed by atoms with E-state index in [1.807, 2.05) is 0 Å². The smallest absolute Gasteiger partial charge is 0.213 e. The zero-order valence-corrected chi connectivity index (χ0v) is 12.3. The Morgan fingerprint density at radius 2 is 1.82 bits per heavy atom. The van der Waals surface area contributed by atoms with Crippen LogP contribution >= 0.6 is 0 Å². The third-order valence-corrected chi connectivity index (χ3v) is 5.19. The maximum absolute atomic E-state index is 12.0. The fraction of sp³-hybridized carbons (Fsp3) is 1.00. The molecule has 5 heteroatoms. The summed E-state index contributed by atoms with van der Waals surface area (Å²) in [4.78, 5) is 0. The number of hydrogen-bond acceptors (Lipinski definition) is 3. The molecule has 0 aliphatic heterocycles. The molecule has 0 spiro atoms. The van der Waals surface area contributed by atoms with E-state index in [4.69, 9.17) is 5.73 Å². The highest BCUT2D eigenvalue weighted by atomic mass is 32.2. The lowest BCUT2D eigenvalue weighted by molar-refractivity contribution is 0.226. The molecule has 1 saturated carbocycles. The lowest BCUT2D eigenvalue weighted by atomic mass is 9.81. The third-order valence-electron chi connectivity index (χ3n) is 3.37. The van der Waals surface area contributed by atoms with Crippen LogP contribution in [0.4, 0.5) is 0 Å². The van der Waals surface area contributed by atoms with E-state index in [1.54, 1.807) is 7.05 Å². The summed E-state index contributed by atoms with van der Waals surface area (Å²) in [5.41, 5.74) is 5.76. The van der Waals surface area contributed by atoms with Crippen molar-refractivity contribution in [1.29, 1.82) is 0 Å². The molecule has 0 aromatic rings. The summed E-state index contributed by atoms with van der Waals surface area (Å²) in [5.74, 6) is 0.700. The van der Waals surface area contributed by atoms with Crippen LogP contribution in [0.15, 0.2) is 0 Å². The fourth-order valence-corrected chi connectivity index (χ4v) is 3.62. The summed E-state index contributed by atoms with van der Waals surface area (Å²) >= 11 is 0. The molecular formula is C12H26N2O2S. The number of hydrogen-bond donors (Lipinski definition) is 1. The molecule has 0 unspecified atom stereocenters. The van der Waals surface area contributed by atoms with Gasteiger partial charge in [0, 0.05) is 19.6 Å². The van der Waals surface area contributed by atoms with Crippen molar-refractivity contribution in [1.82, 2.24) is 4.31 Å². The highest BCUT2D eigenvalue weighted by Gasteiger charge is 2.30. The number of sulfonamides is 1.